The van der Waals surface area contributed by atoms with E-state index in [0.29, 0.717) is 17.0 Å². The van der Waals surface area contributed by atoms with Crippen molar-refractivity contribution in [2.45, 2.75) is 13.0 Å². The number of benzene rings is 2. The molecule has 0 aliphatic carbocycles. The van der Waals surface area contributed by atoms with Crippen LogP contribution in [0.5, 0.6) is 5.75 Å². The average Bonchev–Trinajstić information content (AvgIpc) is 2.77. The van der Waals surface area contributed by atoms with Gasteiger partial charge in [-0.25, -0.2) is 4.39 Å². The Morgan fingerprint density at radius 1 is 1.09 bits per heavy atom. The van der Waals surface area contributed by atoms with Crippen molar-refractivity contribution in [3.8, 4) is 5.75 Å². The molecule has 23 heavy (non-hydrogen) atoms. The van der Waals surface area contributed by atoms with Crippen molar-refractivity contribution >= 4 is 17.8 Å². The summed E-state index contributed by atoms with van der Waals surface area (Å²) in [4.78, 5) is 17.2. The quantitative estimate of drug-likeness (QED) is 0.809. The lowest BCUT2D eigenvalue weighted by Crippen LogP contribution is -2.11. The predicted octanol–water partition coefficient (Wildman–Crippen LogP) is 3.72. The van der Waals surface area contributed by atoms with Gasteiger partial charge in [-0.3, -0.25) is 4.79 Å². The van der Waals surface area contributed by atoms with Gasteiger partial charge in [-0.15, -0.1) is 0 Å². The number of rotatable bonds is 4. The first kappa shape index (κ1) is 15.0. The van der Waals surface area contributed by atoms with E-state index in [1.54, 1.807) is 30.3 Å². The van der Waals surface area contributed by atoms with Crippen LogP contribution in [0.15, 0.2) is 59.8 Å². The number of oxime groups is 1. The molecular formula is C18H14FNO3. The van der Waals surface area contributed by atoms with Gasteiger partial charge in [0.15, 0.2) is 5.75 Å². The topological polar surface area (TPSA) is 47.9 Å². The first-order chi connectivity index (χ1) is 11.2. The predicted molar refractivity (Wildman–Crippen MR) is 84.4 cm³/mol. The Kier molecular flexibility index (Phi) is 4.47. The Bertz CT molecular complexity index is 783. The van der Waals surface area contributed by atoms with E-state index in [4.69, 9.17) is 9.57 Å². The van der Waals surface area contributed by atoms with E-state index >= 15 is 0 Å². The molecule has 3 rings (SSSR count). The van der Waals surface area contributed by atoms with E-state index in [2.05, 4.69) is 5.16 Å². The maximum absolute atomic E-state index is 13.5. The molecule has 1 aliphatic rings. The van der Waals surface area contributed by atoms with Crippen LogP contribution in [-0.2, 0) is 16.1 Å². The normalized spacial score (nSPS) is 12.7. The summed E-state index contributed by atoms with van der Waals surface area (Å²) in [5.41, 5.74) is 1.66. The summed E-state index contributed by atoms with van der Waals surface area (Å²) in [5, 5.41) is 3.93. The second-order valence-corrected chi connectivity index (χ2v) is 4.97. The number of ether oxygens (including phenoxy) is 1. The lowest BCUT2D eigenvalue weighted by molar-refractivity contribution is -0.143. The van der Waals surface area contributed by atoms with Gasteiger partial charge in [0.2, 0.25) is 0 Å². The van der Waals surface area contributed by atoms with Crippen molar-refractivity contribution in [1.29, 1.82) is 0 Å². The van der Waals surface area contributed by atoms with E-state index < -0.39 is 11.8 Å². The van der Waals surface area contributed by atoms with Crippen LogP contribution in [0.3, 0.4) is 0 Å². The maximum Gasteiger partial charge on any atom is 0.312 e. The van der Waals surface area contributed by atoms with Crippen molar-refractivity contribution in [2.75, 3.05) is 0 Å². The van der Waals surface area contributed by atoms with Crippen LogP contribution < -0.4 is 4.84 Å². The van der Waals surface area contributed by atoms with Crippen molar-refractivity contribution in [1.82, 2.24) is 0 Å². The number of halogens is 1. The first-order valence-electron chi connectivity index (χ1n) is 7.12. The van der Waals surface area contributed by atoms with Gasteiger partial charge in [0.25, 0.3) is 0 Å². The molecule has 0 bridgehead atoms. The standard InChI is InChI=1S/C18H14FNO3/c19-16-7-3-1-6-14(16)12-22-18(21)11-15-10-9-13-5-2-4-8-17(13)23-20-15/h1-10H,11-12H2. The third-order valence-electron chi connectivity index (χ3n) is 3.31. The molecule has 1 heterocycles. The molecule has 5 heteroatoms. The van der Waals surface area contributed by atoms with Crippen LogP contribution in [0.2, 0.25) is 0 Å². The highest BCUT2D eigenvalue weighted by Gasteiger charge is 2.12. The second-order valence-electron chi connectivity index (χ2n) is 4.97. The summed E-state index contributed by atoms with van der Waals surface area (Å²) in [5.74, 6) is -0.268. The van der Waals surface area contributed by atoms with E-state index in [1.807, 2.05) is 24.3 Å². The molecule has 0 saturated heterocycles. The molecule has 0 atom stereocenters. The Morgan fingerprint density at radius 2 is 1.87 bits per heavy atom. The molecule has 2 aromatic rings. The third kappa shape index (κ3) is 3.83. The monoisotopic (exact) mass is 311 g/mol. The zero-order valence-electron chi connectivity index (χ0n) is 12.2. The van der Waals surface area contributed by atoms with Crippen LogP contribution in [0.1, 0.15) is 17.5 Å². The van der Waals surface area contributed by atoms with Gasteiger partial charge < -0.3 is 9.57 Å². The summed E-state index contributed by atoms with van der Waals surface area (Å²) in [6, 6.07) is 13.6. The Labute approximate surface area is 132 Å². The van der Waals surface area contributed by atoms with Gasteiger partial charge in [0, 0.05) is 11.1 Å². The van der Waals surface area contributed by atoms with E-state index in [0.717, 1.165) is 5.56 Å². The molecule has 1 aliphatic heterocycles. The van der Waals surface area contributed by atoms with E-state index in [-0.39, 0.29) is 13.0 Å². The zero-order valence-corrected chi connectivity index (χ0v) is 12.2. The molecule has 0 aromatic heterocycles. The largest absolute Gasteiger partial charge is 0.460 e. The highest BCUT2D eigenvalue weighted by molar-refractivity contribution is 6.07. The van der Waals surface area contributed by atoms with Crippen LogP contribution in [0, 0.1) is 5.82 Å². The smallest absolute Gasteiger partial charge is 0.312 e. The van der Waals surface area contributed by atoms with E-state index in [1.165, 1.54) is 6.07 Å². The fraction of sp³-hybridized carbons (Fsp3) is 0.111. The summed E-state index contributed by atoms with van der Waals surface area (Å²) < 4.78 is 18.5. The molecule has 4 nitrogen and oxygen atoms in total. The summed E-state index contributed by atoms with van der Waals surface area (Å²) in [7, 11) is 0. The number of hydrogen-bond acceptors (Lipinski definition) is 4. The molecule has 0 spiro atoms. The van der Waals surface area contributed by atoms with Crippen molar-refractivity contribution in [2.24, 2.45) is 5.16 Å². The summed E-state index contributed by atoms with van der Waals surface area (Å²) in [6.45, 7) is -0.108. The highest BCUT2D eigenvalue weighted by atomic mass is 19.1. The SMILES string of the molecule is O=C(CC1=NOc2ccccc2C=C1)OCc1ccccc1F. The fourth-order valence-corrected chi connectivity index (χ4v) is 2.09. The average molecular weight is 311 g/mol. The summed E-state index contributed by atoms with van der Waals surface area (Å²) >= 11 is 0. The molecule has 0 radical (unpaired) electrons. The minimum absolute atomic E-state index is 0.0427. The maximum atomic E-state index is 13.5. The summed E-state index contributed by atoms with van der Waals surface area (Å²) in [6.07, 6.45) is 3.49. The number of carbonyl (C=O) groups is 1. The number of para-hydroxylation sites is 1. The fourth-order valence-electron chi connectivity index (χ4n) is 2.09. The van der Waals surface area contributed by atoms with Gasteiger partial charge in [0.05, 0.1) is 12.1 Å². The Balaban J connectivity index is 1.59. The van der Waals surface area contributed by atoms with Crippen molar-refractivity contribution in [3.05, 3.63) is 71.6 Å². The van der Waals surface area contributed by atoms with Crippen LogP contribution in [0.25, 0.3) is 6.08 Å². The molecule has 0 unspecified atom stereocenters. The van der Waals surface area contributed by atoms with Gasteiger partial charge in [-0.05, 0) is 24.3 Å². The first-order valence-corrected chi connectivity index (χ1v) is 7.12. The molecule has 116 valence electrons. The number of fused-ring (bicyclic) bond motifs is 1. The zero-order chi connectivity index (χ0) is 16.1. The number of hydrogen-bond donors (Lipinski definition) is 0. The second kappa shape index (κ2) is 6.87. The van der Waals surface area contributed by atoms with Gasteiger partial charge >= 0.3 is 5.97 Å². The number of esters is 1. The number of nitrogens with zero attached hydrogens (tertiary/aromatic N) is 1. The molecule has 0 N–H and O–H groups in total. The minimum atomic E-state index is -0.494. The Hall–Kier alpha value is -2.95. The lowest BCUT2D eigenvalue weighted by Gasteiger charge is -2.05. The van der Waals surface area contributed by atoms with Crippen LogP contribution in [-0.4, -0.2) is 11.7 Å². The highest BCUT2D eigenvalue weighted by Crippen LogP contribution is 2.22. The Morgan fingerprint density at radius 3 is 2.74 bits per heavy atom. The van der Waals surface area contributed by atoms with Gasteiger partial charge in [0.1, 0.15) is 12.4 Å². The van der Waals surface area contributed by atoms with Gasteiger partial charge in [-0.1, -0.05) is 41.6 Å². The molecule has 0 amide bonds. The number of allylic oxidation sites excluding steroid dienone is 1. The van der Waals surface area contributed by atoms with Crippen LogP contribution in [0.4, 0.5) is 4.39 Å². The molecule has 0 saturated carbocycles. The molecule has 0 fully saturated rings. The van der Waals surface area contributed by atoms with Crippen LogP contribution >= 0.6 is 0 Å². The minimum Gasteiger partial charge on any atom is -0.460 e. The third-order valence-corrected chi connectivity index (χ3v) is 3.31. The molecule has 2 aromatic carbocycles. The van der Waals surface area contributed by atoms with Crippen molar-refractivity contribution in [3.63, 3.8) is 0 Å². The van der Waals surface area contributed by atoms with E-state index in [9.17, 15) is 9.18 Å². The molecular weight excluding hydrogens is 297 g/mol. The lowest BCUT2D eigenvalue weighted by atomic mass is 10.1. The van der Waals surface area contributed by atoms with Crippen molar-refractivity contribution < 1.29 is 18.8 Å². The number of carbonyl (C=O) groups excluding carboxylic acids is 1. The van der Waals surface area contributed by atoms with Gasteiger partial charge in [-0.2, -0.15) is 0 Å².